The summed E-state index contributed by atoms with van der Waals surface area (Å²) in [6, 6.07) is 7.60. The maximum absolute atomic E-state index is 12.9. The summed E-state index contributed by atoms with van der Waals surface area (Å²) < 4.78 is 23.8. The van der Waals surface area contributed by atoms with Crippen LogP contribution >= 0.6 is 11.6 Å². The standard InChI is InChI=1S/C15H13ClFNO4/c1-9(6-14(19)20)21-11-2-4-12(5-3-11)22-15-13(16)7-10(17)8-18-15/h2-5,7-9H,6H2,1H3,(H,19,20). The van der Waals surface area contributed by atoms with Crippen LogP contribution in [0.5, 0.6) is 17.4 Å². The number of pyridine rings is 1. The van der Waals surface area contributed by atoms with Crippen LogP contribution in [0.2, 0.25) is 5.02 Å². The van der Waals surface area contributed by atoms with E-state index < -0.39 is 17.9 Å². The molecule has 0 aliphatic carbocycles. The van der Waals surface area contributed by atoms with Crippen molar-refractivity contribution in [3.8, 4) is 17.4 Å². The highest BCUT2D eigenvalue weighted by Gasteiger charge is 2.10. The Morgan fingerprint density at radius 1 is 1.36 bits per heavy atom. The molecule has 1 N–H and O–H groups in total. The number of nitrogens with zero attached hydrogens (tertiary/aromatic N) is 1. The highest BCUT2D eigenvalue weighted by molar-refractivity contribution is 6.31. The zero-order valence-electron chi connectivity index (χ0n) is 11.6. The maximum atomic E-state index is 12.9. The monoisotopic (exact) mass is 325 g/mol. The van der Waals surface area contributed by atoms with E-state index in [-0.39, 0.29) is 17.3 Å². The number of hydrogen-bond acceptors (Lipinski definition) is 4. The van der Waals surface area contributed by atoms with E-state index in [1.165, 1.54) is 0 Å². The summed E-state index contributed by atoms with van der Waals surface area (Å²) in [6.45, 7) is 1.67. The smallest absolute Gasteiger partial charge is 0.307 e. The van der Waals surface area contributed by atoms with Crippen LogP contribution in [0.3, 0.4) is 0 Å². The van der Waals surface area contributed by atoms with Crippen LogP contribution in [0.4, 0.5) is 4.39 Å². The van der Waals surface area contributed by atoms with E-state index in [4.69, 9.17) is 26.2 Å². The largest absolute Gasteiger partial charge is 0.490 e. The molecule has 0 amide bonds. The number of carbonyl (C=O) groups is 1. The van der Waals surface area contributed by atoms with Gasteiger partial charge in [0, 0.05) is 0 Å². The fraction of sp³-hybridized carbons (Fsp3) is 0.200. The Hall–Kier alpha value is -2.34. The SMILES string of the molecule is CC(CC(=O)O)Oc1ccc(Oc2ncc(F)cc2Cl)cc1. The number of hydrogen-bond donors (Lipinski definition) is 1. The van der Waals surface area contributed by atoms with Crippen molar-refractivity contribution in [2.24, 2.45) is 0 Å². The molecule has 0 saturated carbocycles. The highest BCUT2D eigenvalue weighted by atomic mass is 35.5. The fourth-order valence-electron chi connectivity index (χ4n) is 1.69. The number of halogens is 2. The first-order chi connectivity index (χ1) is 10.4. The molecule has 0 spiro atoms. The molecule has 0 bridgehead atoms. The molecule has 0 aliphatic rings. The van der Waals surface area contributed by atoms with Gasteiger partial charge >= 0.3 is 5.97 Å². The van der Waals surface area contributed by atoms with Crippen LogP contribution in [0, 0.1) is 5.82 Å². The quantitative estimate of drug-likeness (QED) is 0.872. The lowest BCUT2D eigenvalue weighted by molar-refractivity contribution is -0.138. The van der Waals surface area contributed by atoms with Gasteiger partial charge in [0.1, 0.15) is 28.4 Å². The zero-order chi connectivity index (χ0) is 16.1. The second-order valence-electron chi connectivity index (χ2n) is 4.54. The molecular formula is C15H13ClFNO4. The summed E-state index contributed by atoms with van der Waals surface area (Å²) in [5.41, 5.74) is 0. The Morgan fingerprint density at radius 2 is 2.00 bits per heavy atom. The van der Waals surface area contributed by atoms with Gasteiger partial charge in [0.15, 0.2) is 0 Å². The van der Waals surface area contributed by atoms with E-state index in [1.807, 2.05) is 0 Å². The van der Waals surface area contributed by atoms with E-state index in [0.717, 1.165) is 12.3 Å². The van der Waals surface area contributed by atoms with Crippen molar-refractivity contribution in [1.29, 1.82) is 0 Å². The van der Waals surface area contributed by atoms with E-state index in [1.54, 1.807) is 31.2 Å². The Balaban J connectivity index is 2.01. The summed E-state index contributed by atoms with van der Waals surface area (Å²) in [4.78, 5) is 14.3. The van der Waals surface area contributed by atoms with Crippen molar-refractivity contribution < 1.29 is 23.8 Å². The molecule has 2 rings (SSSR count). The van der Waals surface area contributed by atoms with Gasteiger partial charge in [0.25, 0.3) is 0 Å². The molecular weight excluding hydrogens is 313 g/mol. The normalized spacial score (nSPS) is 11.8. The van der Waals surface area contributed by atoms with Crippen molar-refractivity contribution >= 4 is 17.6 Å². The minimum absolute atomic E-state index is 0.0652. The number of aromatic nitrogens is 1. The van der Waals surface area contributed by atoms with Crippen LogP contribution in [-0.4, -0.2) is 22.2 Å². The number of rotatable bonds is 6. The molecule has 0 aliphatic heterocycles. The van der Waals surface area contributed by atoms with Crippen LogP contribution in [-0.2, 0) is 4.79 Å². The number of carboxylic acid groups (broad SMARTS) is 1. The van der Waals surface area contributed by atoms with Crippen molar-refractivity contribution in [2.45, 2.75) is 19.4 Å². The van der Waals surface area contributed by atoms with Gasteiger partial charge in [-0.1, -0.05) is 11.6 Å². The topological polar surface area (TPSA) is 68.7 Å². The molecule has 1 aromatic carbocycles. The second kappa shape index (κ2) is 7.09. The van der Waals surface area contributed by atoms with Crippen molar-refractivity contribution in [3.05, 3.63) is 47.4 Å². The molecule has 5 nitrogen and oxygen atoms in total. The lowest BCUT2D eigenvalue weighted by atomic mass is 10.3. The average Bonchev–Trinajstić information content (AvgIpc) is 2.43. The predicted molar refractivity (Wildman–Crippen MR) is 78.1 cm³/mol. The Morgan fingerprint density at radius 3 is 2.59 bits per heavy atom. The van der Waals surface area contributed by atoms with Gasteiger partial charge in [-0.2, -0.15) is 0 Å². The molecule has 0 fully saturated rings. The first-order valence-corrected chi connectivity index (χ1v) is 6.79. The second-order valence-corrected chi connectivity index (χ2v) is 4.95. The van der Waals surface area contributed by atoms with E-state index in [0.29, 0.717) is 11.5 Å². The Bertz CT molecular complexity index is 663. The molecule has 2 aromatic rings. The maximum Gasteiger partial charge on any atom is 0.307 e. The lowest BCUT2D eigenvalue weighted by Crippen LogP contribution is -2.16. The summed E-state index contributed by atoms with van der Waals surface area (Å²) in [6.07, 6.45) is 0.470. The fourth-order valence-corrected chi connectivity index (χ4v) is 1.89. The third-order valence-corrected chi connectivity index (χ3v) is 2.88. The molecule has 22 heavy (non-hydrogen) atoms. The van der Waals surface area contributed by atoms with E-state index in [9.17, 15) is 9.18 Å². The zero-order valence-corrected chi connectivity index (χ0v) is 12.4. The van der Waals surface area contributed by atoms with Crippen LogP contribution in [0.15, 0.2) is 36.5 Å². The summed E-state index contributed by atoms with van der Waals surface area (Å²) in [5, 5.41) is 8.73. The molecule has 0 saturated heterocycles. The van der Waals surface area contributed by atoms with Gasteiger partial charge in [-0.05, 0) is 37.3 Å². The van der Waals surface area contributed by atoms with Gasteiger partial charge < -0.3 is 14.6 Å². The van der Waals surface area contributed by atoms with Gasteiger partial charge in [-0.15, -0.1) is 0 Å². The van der Waals surface area contributed by atoms with Crippen molar-refractivity contribution in [1.82, 2.24) is 4.98 Å². The molecule has 7 heteroatoms. The molecule has 0 radical (unpaired) electrons. The van der Waals surface area contributed by atoms with Crippen LogP contribution in [0.25, 0.3) is 0 Å². The van der Waals surface area contributed by atoms with Gasteiger partial charge in [-0.3, -0.25) is 4.79 Å². The number of ether oxygens (including phenoxy) is 2. The lowest BCUT2D eigenvalue weighted by Gasteiger charge is -2.13. The first kappa shape index (κ1) is 16.0. The van der Waals surface area contributed by atoms with E-state index in [2.05, 4.69) is 4.98 Å². The number of aliphatic carboxylic acids is 1. The third-order valence-electron chi connectivity index (χ3n) is 2.61. The van der Waals surface area contributed by atoms with Crippen LogP contribution < -0.4 is 9.47 Å². The minimum Gasteiger partial charge on any atom is -0.490 e. The predicted octanol–water partition coefficient (Wildman–Crippen LogP) is 3.91. The summed E-state index contributed by atoms with van der Waals surface area (Å²) >= 11 is 5.82. The van der Waals surface area contributed by atoms with Crippen molar-refractivity contribution in [3.63, 3.8) is 0 Å². The molecule has 1 aromatic heterocycles. The summed E-state index contributed by atoms with van der Waals surface area (Å²) in [5.74, 6) is -0.424. The summed E-state index contributed by atoms with van der Waals surface area (Å²) in [7, 11) is 0. The molecule has 1 unspecified atom stereocenters. The van der Waals surface area contributed by atoms with Gasteiger partial charge in [0.05, 0.1) is 12.6 Å². The highest BCUT2D eigenvalue weighted by Crippen LogP contribution is 2.28. The van der Waals surface area contributed by atoms with E-state index >= 15 is 0 Å². The average molecular weight is 326 g/mol. The minimum atomic E-state index is -0.926. The Labute approximate surface area is 131 Å². The molecule has 1 heterocycles. The van der Waals surface area contributed by atoms with Crippen molar-refractivity contribution in [2.75, 3.05) is 0 Å². The number of benzene rings is 1. The van der Waals surface area contributed by atoms with Gasteiger partial charge in [-0.25, -0.2) is 9.37 Å². The van der Waals surface area contributed by atoms with Gasteiger partial charge in [0.2, 0.25) is 5.88 Å². The first-order valence-electron chi connectivity index (χ1n) is 6.41. The van der Waals surface area contributed by atoms with Crippen LogP contribution in [0.1, 0.15) is 13.3 Å². The molecule has 116 valence electrons. The number of carboxylic acids is 1. The third kappa shape index (κ3) is 4.60. The molecule has 1 atom stereocenters. The Kier molecular flexibility index (Phi) is 5.16.